The molecule has 0 aromatic rings. The normalized spacial score (nSPS) is 28.2. The van der Waals surface area contributed by atoms with Gasteiger partial charge in [0.15, 0.2) is 6.10 Å². The van der Waals surface area contributed by atoms with Crippen LogP contribution in [0.5, 0.6) is 0 Å². The summed E-state index contributed by atoms with van der Waals surface area (Å²) in [6.07, 6.45) is -0.730. The van der Waals surface area contributed by atoms with Gasteiger partial charge in [-0.3, -0.25) is 4.79 Å². The van der Waals surface area contributed by atoms with Crippen molar-refractivity contribution in [2.24, 2.45) is 5.92 Å². The highest BCUT2D eigenvalue weighted by molar-refractivity contribution is 5.88. The molecule has 1 rings (SSSR count). The number of carbonyl (C=O) groups is 1. The molecule has 72 valence electrons. The van der Waals surface area contributed by atoms with E-state index in [1.165, 1.54) is 0 Å². The summed E-state index contributed by atoms with van der Waals surface area (Å²) < 4.78 is 5.16. The molecule has 1 aliphatic rings. The summed E-state index contributed by atoms with van der Waals surface area (Å²) in [5, 5.41) is 2.67. The number of ether oxygens (including phenoxy) is 1. The number of piperidine rings is 1. The lowest BCUT2D eigenvalue weighted by Gasteiger charge is -2.27. The second-order valence-corrected chi connectivity index (χ2v) is 3.04. The van der Waals surface area contributed by atoms with Crippen molar-refractivity contribution in [1.29, 1.82) is 0 Å². The van der Waals surface area contributed by atoms with Crippen LogP contribution in [-0.2, 0) is 14.3 Å². The lowest BCUT2D eigenvalue weighted by molar-refractivity contribution is -0.132. The van der Waals surface area contributed by atoms with Gasteiger partial charge in [0.25, 0.3) is 5.91 Å². The number of rotatable bonds is 2. The van der Waals surface area contributed by atoms with Crippen molar-refractivity contribution in [3.63, 3.8) is 0 Å². The first-order valence-corrected chi connectivity index (χ1v) is 4.34. The van der Waals surface area contributed by atoms with E-state index in [1.807, 2.05) is 6.92 Å². The molecular weight excluding hydrogens is 170 g/mol. The Morgan fingerprint density at radius 3 is 2.92 bits per heavy atom. The standard InChI is InChI=1S/C9H13NO3/c1-3-13-8-7(5-11)6(2)4-10-9(8)12/h6,8H,3-4H2,1-2H3,(H,10,12). The zero-order valence-corrected chi connectivity index (χ0v) is 7.79. The number of nitrogens with one attached hydrogen (secondary N) is 1. The number of hydrogen-bond acceptors (Lipinski definition) is 3. The summed E-state index contributed by atoms with van der Waals surface area (Å²) in [5.41, 5.74) is 0.422. The molecule has 0 bridgehead atoms. The van der Waals surface area contributed by atoms with Gasteiger partial charge in [0.2, 0.25) is 0 Å². The fourth-order valence-electron chi connectivity index (χ4n) is 1.34. The summed E-state index contributed by atoms with van der Waals surface area (Å²) in [7, 11) is 0. The molecule has 1 N–H and O–H groups in total. The molecule has 1 aliphatic heterocycles. The van der Waals surface area contributed by atoms with E-state index < -0.39 is 6.10 Å². The van der Waals surface area contributed by atoms with Crippen LogP contribution in [0, 0.1) is 5.92 Å². The zero-order chi connectivity index (χ0) is 9.84. The summed E-state index contributed by atoms with van der Waals surface area (Å²) in [6.45, 7) is 4.56. The molecule has 0 aromatic heterocycles. The lowest BCUT2D eigenvalue weighted by atomic mass is 9.93. The Hall–Kier alpha value is -1.12. The van der Waals surface area contributed by atoms with Crippen molar-refractivity contribution < 1.29 is 14.3 Å². The molecule has 13 heavy (non-hydrogen) atoms. The Bertz CT molecular complexity index is 256. The Labute approximate surface area is 76.9 Å². The Kier molecular flexibility index (Phi) is 3.23. The average molecular weight is 183 g/mol. The molecule has 4 nitrogen and oxygen atoms in total. The van der Waals surface area contributed by atoms with E-state index in [0.29, 0.717) is 18.7 Å². The minimum Gasteiger partial charge on any atom is -0.363 e. The van der Waals surface area contributed by atoms with Crippen LogP contribution in [0.3, 0.4) is 0 Å². The quantitative estimate of drug-likeness (QED) is 0.609. The molecule has 0 radical (unpaired) electrons. The third-order valence-corrected chi connectivity index (χ3v) is 2.09. The second-order valence-electron chi connectivity index (χ2n) is 3.04. The predicted molar refractivity (Wildman–Crippen MR) is 46.8 cm³/mol. The van der Waals surface area contributed by atoms with Crippen LogP contribution in [0.2, 0.25) is 0 Å². The highest BCUT2D eigenvalue weighted by Gasteiger charge is 2.32. The molecular formula is C9H13NO3. The molecule has 0 saturated carbocycles. The van der Waals surface area contributed by atoms with E-state index in [9.17, 15) is 9.59 Å². The second kappa shape index (κ2) is 4.21. The van der Waals surface area contributed by atoms with E-state index in [0.717, 1.165) is 0 Å². The third kappa shape index (κ3) is 1.97. The minimum atomic E-state index is -0.730. The Morgan fingerprint density at radius 1 is 1.69 bits per heavy atom. The van der Waals surface area contributed by atoms with Gasteiger partial charge in [0.1, 0.15) is 5.94 Å². The van der Waals surface area contributed by atoms with Gasteiger partial charge in [0.05, 0.1) is 5.57 Å². The maximum atomic E-state index is 11.3. The summed E-state index contributed by atoms with van der Waals surface area (Å²) in [4.78, 5) is 21.8. The topological polar surface area (TPSA) is 55.4 Å². The molecule has 4 heteroatoms. The monoisotopic (exact) mass is 183 g/mol. The van der Waals surface area contributed by atoms with Crippen molar-refractivity contribution in [3.05, 3.63) is 5.57 Å². The molecule has 0 aliphatic carbocycles. The van der Waals surface area contributed by atoms with Crippen LogP contribution < -0.4 is 5.32 Å². The first-order valence-electron chi connectivity index (χ1n) is 4.34. The van der Waals surface area contributed by atoms with Gasteiger partial charge in [0, 0.05) is 19.1 Å². The van der Waals surface area contributed by atoms with Crippen molar-refractivity contribution in [3.8, 4) is 0 Å². The molecule has 2 unspecified atom stereocenters. The van der Waals surface area contributed by atoms with Crippen LogP contribution >= 0.6 is 0 Å². The zero-order valence-electron chi connectivity index (χ0n) is 7.79. The fraction of sp³-hybridized carbons (Fsp3) is 0.667. The maximum absolute atomic E-state index is 11.3. The number of amides is 1. The van der Waals surface area contributed by atoms with Crippen molar-refractivity contribution in [2.45, 2.75) is 20.0 Å². The van der Waals surface area contributed by atoms with Gasteiger partial charge in [-0.2, -0.15) is 0 Å². The summed E-state index contributed by atoms with van der Waals surface area (Å²) in [6, 6.07) is 0. The van der Waals surface area contributed by atoms with Crippen molar-refractivity contribution >= 4 is 11.8 Å². The van der Waals surface area contributed by atoms with E-state index in [4.69, 9.17) is 4.74 Å². The van der Waals surface area contributed by atoms with Crippen LogP contribution in [0.4, 0.5) is 0 Å². The molecule has 0 aromatic carbocycles. The van der Waals surface area contributed by atoms with Gasteiger partial charge in [-0.15, -0.1) is 0 Å². The van der Waals surface area contributed by atoms with Crippen molar-refractivity contribution in [2.75, 3.05) is 13.2 Å². The summed E-state index contributed by atoms with van der Waals surface area (Å²) >= 11 is 0. The average Bonchev–Trinajstić information content (AvgIpc) is 2.12. The van der Waals surface area contributed by atoms with Crippen LogP contribution in [-0.4, -0.2) is 31.1 Å². The summed E-state index contributed by atoms with van der Waals surface area (Å²) in [5.74, 6) is 1.58. The fourth-order valence-corrected chi connectivity index (χ4v) is 1.34. The van der Waals surface area contributed by atoms with Gasteiger partial charge >= 0.3 is 0 Å². The molecule has 0 spiro atoms. The van der Waals surface area contributed by atoms with E-state index in [2.05, 4.69) is 5.32 Å². The molecule has 1 heterocycles. The molecule has 1 saturated heterocycles. The number of hydrogen-bond donors (Lipinski definition) is 1. The maximum Gasteiger partial charge on any atom is 0.254 e. The highest BCUT2D eigenvalue weighted by atomic mass is 16.5. The van der Waals surface area contributed by atoms with Crippen LogP contribution in [0.15, 0.2) is 5.57 Å². The van der Waals surface area contributed by atoms with E-state index >= 15 is 0 Å². The highest BCUT2D eigenvalue weighted by Crippen LogP contribution is 2.18. The van der Waals surface area contributed by atoms with Gasteiger partial charge < -0.3 is 10.1 Å². The van der Waals surface area contributed by atoms with Crippen LogP contribution in [0.1, 0.15) is 13.8 Å². The van der Waals surface area contributed by atoms with E-state index in [1.54, 1.807) is 12.9 Å². The van der Waals surface area contributed by atoms with Crippen molar-refractivity contribution in [1.82, 2.24) is 5.32 Å². The molecule has 1 amide bonds. The third-order valence-electron chi connectivity index (χ3n) is 2.09. The number of carbonyl (C=O) groups excluding carboxylic acids is 2. The van der Waals surface area contributed by atoms with Crippen LogP contribution in [0.25, 0.3) is 0 Å². The predicted octanol–water partition coefficient (Wildman–Crippen LogP) is -0.0846. The molecule has 2 atom stereocenters. The largest absolute Gasteiger partial charge is 0.363 e. The SMILES string of the molecule is CCOC1C(=O)NCC(C)C1=C=O. The molecule has 1 fully saturated rings. The van der Waals surface area contributed by atoms with Gasteiger partial charge in [-0.05, 0) is 6.92 Å². The van der Waals surface area contributed by atoms with E-state index in [-0.39, 0.29) is 11.8 Å². The Morgan fingerprint density at radius 2 is 2.38 bits per heavy atom. The minimum absolute atomic E-state index is 0.0201. The first kappa shape index (κ1) is 9.96. The Balaban J connectivity index is 2.84. The van der Waals surface area contributed by atoms with Gasteiger partial charge in [-0.25, -0.2) is 4.79 Å². The smallest absolute Gasteiger partial charge is 0.254 e. The van der Waals surface area contributed by atoms with Gasteiger partial charge in [-0.1, -0.05) is 6.92 Å². The first-order chi connectivity index (χ1) is 6.20. The lowest BCUT2D eigenvalue weighted by Crippen LogP contribution is -2.47.